The Labute approximate surface area is 255 Å². The van der Waals surface area contributed by atoms with Crippen LogP contribution in [0.4, 0.5) is 0 Å². The van der Waals surface area contributed by atoms with E-state index in [9.17, 15) is 43.1 Å². The van der Waals surface area contributed by atoms with Gasteiger partial charge in [-0.1, -0.05) is 45.7 Å². The summed E-state index contributed by atoms with van der Waals surface area (Å²) in [6.45, 7) is 8.70. The highest BCUT2D eigenvalue weighted by atomic mass is 31.2. The van der Waals surface area contributed by atoms with Crippen LogP contribution in [0.3, 0.4) is 0 Å². The predicted molar refractivity (Wildman–Crippen MR) is 157 cm³/mol. The highest BCUT2D eigenvalue weighted by molar-refractivity contribution is 7.60. The smallest absolute Gasteiger partial charge is 0.345 e. The fourth-order valence-electron chi connectivity index (χ4n) is 3.80. The fraction of sp³-hybridized carbons (Fsp3) is 0.680. The molecular formula is C25H44N9O9P. The minimum Gasteiger partial charge on any atom is -0.345 e. The first-order valence-corrected chi connectivity index (χ1v) is 15.7. The topological polar surface area (TPSA) is 277 Å². The average molecular weight is 646 g/mol. The molecule has 0 radical (unpaired) electrons. The summed E-state index contributed by atoms with van der Waals surface area (Å²) in [4.78, 5) is 94.6. The number of nitrogens with zero attached hydrogens (tertiary/aromatic N) is 3. The van der Waals surface area contributed by atoms with E-state index in [4.69, 9.17) is 5.73 Å². The number of carbonyl (C=O) groups is 6. The third-order valence-corrected chi connectivity index (χ3v) is 7.84. The van der Waals surface area contributed by atoms with Crippen LogP contribution in [0.1, 0.15) is 54.4 Å². The van der Waals surface area contributed by atoms with E-state index in [0.717, 1.165) is 10.9 Å². The maximum absolute atomic E-state index is 13.6. The molecule has 18 nitrogen and oxygen atoms in total. The zero-order valence-electron chi connectivity index (χ0n) is 25.6. The molecule has 1 aromatic rings. The van der Waals surface area contributed by atoms with E-state index in [1.165, 1.54) is 13.8 Å². The molecule has 0 fully saturated rings. The van der Waals surface area contributed by atoms with Crippen molar-refractivity contribution in [1.82, 2.24) is 41.6 Å². The number of aromatic nitrogens is 3. The summed E-state index contributed by atoms with van der Waals surface area (Å²) >= 11 is 0. The average Bonchev–Trinajstić information content (AvgIpc) is 3.44. The van der Waals surface area contributed by atoms with Crippen molar-refractivity contribution in [3.8, 4) is 0 Å². The minimum absolute atomic E-state index is 0.330. The van der Waals surface area contributed by atoms with Gasteiger partial charge in [-0.05, 0) is 25.7 Å². The number of amides is 5. The summed E-state index contributed by atoms with van der Waals surface area (Å²) in [5.74, 6) is -4.50. The van der Waals surface area contributed by atoms with Gasteiger partial charge in [0.1, 0.15) is 24.4 Å². The van der Waals surface area contributed by atoms with Crippen LogP contribution in [0.25, 0.3) is 0 Å². The van der Waals surface area contributed by atoms with E-state index < -0.39 is 91.8 Å². The quantitative estimate of drug-likeness (QED) is 0.0579. The van der Waals surface area contributed by atoms with Crippen molar-refractivity contribution in [2.24, 2.45) is 17.6 Å². The van der Waals surface area contributed by atoms with Crippen molar-refractivity contribution in [3.05, 3.63) is 6.20 Å². The largest absolute Gasteiger partial charge is 0.375 e. The molecule has 0 aromatic carbocycles. The van der Waals surface area contributed by atoms with E-state index in [1.807, 2.05) is 6.92 Å². The minimum atomic E-state index is -4.88. The van der Waals surface area contributed by atoms with Gasteiger partial charge in [-0.25, -0.2) is 4.68 Å². The van der Waals surface area contributed by atoms with Gasteiger partial charge in [-0.15, -0.1) is 5.10 Å². The van der Waals surface area contributed by atoms with Gasteiger partial charge in [-0.3, -0.25) is 28.5 Å². The molecule has 0 unspecified atom stereocenters. The summed E-state index contributed by atoms with van der Waals surface area (Å²) < 4.78 is 12.6. The molecule has 1 heterocycles. The first kappa shape index (κ1) is 38.3. The fourth-order valence-corrected chi connectivity index (χ4v) is 4.42. The summed E-state index contributed by atoms with van der Waals surface area (Å²) in [5, 5.41) is 19.4. The second-order valence-electron chi connectivity index (χ2n) is 10.6. The molecule has 0 aliphatic carbocycles. The van der Waals surface area contributed by atoms with Crippen molar-refractivity contribution < 1.29 is 43.1 Å². The van der Waals surface area contributed by atoms with Gasteiger partial charge >= 0.3 is 7.60 Å². The van der Waals surface area contributed by atoms with E-state index in [2.05, 4.69) is 36.9 Å². The van der Waals surface area contributed by atoms with Crippen LogP contribution < -0.4 is 37.8 Å². The molecular weight excluding hydrogens is 601 g/mol. The lowest BCUT2D eigenvalue weighted by molar-refractivity contribution is -0.135. The molecule has 5 amide bonds. The molecule has 1 aromatic heterocycles. The van der Waals surface area contributed by atoms with Crippen LogP contribution >= 0.6 is 7.60 Å². The van der Waals surface area contributed by atoms with Crippen molar-refractivity contribution in [2.45, 2.75) is 91.1 Å². The molecule has 0 aliphatic rings. The SMILES string of the molecule is CC[C@H](C)[C@H](NC(=O)[C@H](C)N)C(=O)N[C@H](C(=O)N[C@@H](Cn1nncc1P(=O)(O)O)C(=O)NCC(=O)N[C@@H](C)C=O)[C@@H](C)CC. The van der Waals surface area contributed by atoms with Gasteiger partial charge in [0.25, 0.3) is 0 Å². The summed E-state index contributed by atoms with van der Waals surface area (Å²) in [6.07, 6.45) is 2.21. The monoisotopic (exact) mass is 645 g/mol. The van der Waals surface area contributed by atoms with Gasteiger partial charge in [0.05, 0.1) is 31.4 Å². The van der Waals surface area contributed by atoms with Crippen molar-refractivity contribution >= 4 is 48.9 Å². The maximum Gasteiger partial charge on any atom is 0.375 e. The second kappa shape index (κ2) is 17.5. The Morgan fingerprint density at radius 1 is 0.909 bits per heavy atom. The van der Waals surface area contributed by atoms with E-state index in [1.54, 1.807) is 20.8 Å². The van der Waals surface area contributed by atoms with E-state index >= 15 is 0 Å². The Balaban J connectivity index is 3.32. The van der Waals surface area contributed by atoms with Gasteiger partial charge in [0, 0.05) is 0 Å². The maximum atomic E-state index is 13.6. The molecule has 0 aliphatic heterocycles. The Hall–Kier alpha value is -3.73. The molecule has 0 bridgehead atoms. The van der Waals surface area contributed by atoms with Crippen LogP contribution in [0, 0.1) is 11.8 Å². The molecule has 7 atom stereocenters. The van der Waals surface area contributed by atoms with Crippen LogP contribution in [-0.2, 0) is 39.9 Å². The van der Waals surface area contributed by atoms with Crippen LogP contribution in [0.15, 0.2) is 6.20 Å². The van der Waals surface area contributed by atoms with E-state index in [-0.39, 0.29) is 5.92 Å². The van der Waals surface area contributed by atoms with E-state index in [0.29, 0.717) is 19.1 Å². The Morgan fingerprint density at radius 2 is 1.43 bits per heavy atom. The number of carbonyl (C=O) groups excluding carboxylic acids is 6. The zero-order valence-corrected chi connectivity index (χ0v) is 26.5. The Bertz CT molecular complexity index is 1220. The number of nitrogens with one attached hydrogen (secondary N) is 5. The third-order valence-electron chi connectivity index (χ3n) is 6.90. The van der Waals surface area contributed by atoms with Gasteiger partial charge in [0.2, 0.25) is 29.5 Å². The normalized spacial score (nSPS) is 16.2. The number of aldehydes is 1. The standard InChI is InChI=1S/C25H44N9O9P/c1-7-13(3)20(32-25(40)21(14(4)8-2)31-22(37)16(6)26)24(39)30-17(11-34-19(10-28-33-34)44(41,42)43)23(38)27-9-18(36)29-15(5)12-35/h10,12-17,20-21H,7-9,11,26H2,1-6H3,(H,27,38)(H,29,36)(H,30,39)(H,31,37)(H,32,40)(H2,41,42,43)/t13-,14-,15-,16-,17-,20-,21-/m0/s1. The second-order valence-corrected chi connectivity index (χ2v) is 12.2. The molecule has 0 saturated carbocycles. The molecule has 19 heteroatoms. The first-order valence-electron chi connectivity index (χ1n) is 14.1. The molecule has 0 saturated heterocycles. The predicted octanol–water partition coefficient (Wildman–Crippen LogP) is -3.21. The van der Waals surface area contributed by atoms with Crippen LogP contribution in [-0.4, -0.2) is 97.4 Å². The molecule has 248 valence electrons. The van der Waals surface area contributed by atoms with Crippen LogP contribution in [0.5, 0.6) is 0 Å². The lowest BCUT2D eigenvalue weighted by Gasteiger charge is -2.30. The highest BCUT2D eigenvalue weighted by Crippen LogP contribution is 2.32. The summed E-state index contributed by atoms with van der Waals surface area (Å²) in [6, 6.07) is -5.51. The molecule has 0 spiro atoms. The Kier molecular flexibility index (Phi) is 15.3. The molecule has 9 N–H and O–H groups in total. The number of nitrogens with two attached hydrogens (primary N) is 1. The number of hydrogen-bond donors (Lipinski definition) is 8. The summed E-state index contributed by atoms with van der Waals surface area (Å²) in [7, 11) is -4.88. The first-order chi connectivity index (χ1) is 20.5. The van der Waals surface area contributed by atoms with Crippen LogP contribution in [0.2, 0.25) is 0 Å². The van der Waals surface area contributed by atoms with Crippen molar-refractivity contribution in [1.29, 1.82) is 0 Å². The number of hydrogen-bond acceptors (Lipinski definition) is 10. The highest BCUT2D eigenvalue weighted by Gasteiger charge is 2.35. The lowest BCUT2D eigenvalue weighted by atomic mass is 9.94. The summed E-state index contributed by atoms with van der Waals surface area (Å²) in [5.41, 5.74) is 5.02. The van der Waals surface area contributed by atoms with Crippen molar-refractivity contribution in [2.75, 3.05) is 6.54 Å². The third kappa shape index (κ3) is 11.7. The van der Waals surface area contributed by atoms with Gasteiger partial charge in [0.15, 0.2) is 5.44 Å². The molecule has 1 rings (SSSR count). The molecule has 44 heavy (non-hydrogen) atoms. The van der Waals surface area contributed by atoms with Gasteiger partial charge in [-0.2, -0.15) is 0 Å². The van der Waals surface area contributed by atoms with Crippen molar-refractivity contribution in [3.63, 3.8) is 0 Å². The van der Waals surface area contributed by atoms with Gasteiger partial charge < -0.3 is 46.9 Å². The Morgan fingerprint density at radius 3 is 1.91 bits per heavy atom. The number of rotatable bonds is 18. The zero-order chi connectivity index (χ0) is 33.8. The lowest BCUT2D eigenvalue weighted by Crippen LogP contribution is -2.61.